The van der Waals surface area contributed by atoms with Gasteiger partial charge >= 0.3 is 12.1 Å². The van der Waals surface area contributed by atoms with Gasteiger partial charge in [-0.15, -0.1) is 0 Å². The third kappa shape index (κ3) is 5.82. The van der Waals surface area contributed by atoms with E-state index in [1.54, 1.807) is 0 Å². The van der Waals surface area contributed by atoms with Crippen LogP contribution in [-0.2, 0) is 14.3 Å². The molecule has 1 aliphatic heterocycles. The number of amides is 2. The van der Waals surface area contributed by atoms with E-state index >= 15 is 0 Å². The van der Waals surface area contributed by atoms with Crippen molar-refractivity contribution in [3.8, 4) is 0 Å². The molecule has 0 saturated carbocycles. The smallest absolute Gasteiger partial charge is 0.381 e. The number of nitrogens with one attached hydrogen (secondary N) is 1. The maximum absolute atomic E-state index is 12.5. The van der Waals surface area contributed by atoms with Crippen LogP contribution in [0.1, 0.15) is 39.0 Å². The molecule has 0 aromatic carbocycles. The van der Waals surface area contributed by atoms with Gasteiger partial charge in [0.15, 0.2) is 0 Å². The van der Waals surface area contributed by atoms with Gasteiger partial charge in [-0.25, -0.2) is 0 Å². The Bertz CT molecular complexity index is 375. The molecule has 1 fully saturated rings. The Morgan fingerprint density at radius 2 is 1.95 bits per heavy atom. The molecule has 8 heteroatoms. The lowest BCUT2D eigenvalue weighted by molar-refractivity contribution is -0.186. The number of unbranched alkanes of at least 4 members (excludes halogenated alkanes) is 1. The van der Waals surface area contributed by atoms with Crippen LogP contribution in [0, 0.1) is 0 Å². The van der Waals surface area contributed by atoms with Gasteiger partial charge in [-0.05, 0) is 25.7 Å². The van der Waals surface area contributed by atoms with Gasteiger partial charge in [-0.1, -0.05) is 13.3 Å². The van der Waals surface area contributed by atoms with Crippen molar-refractivity contribution < 1.29 is 27.5 Å². The molecule has 0 aliphatic carbocycles. The highest BCUT2D eigenvalue weighted by Gasteiger charge is 2.47. The van der Waals surface area contributed by atoms with Crippen LogP contribution in [0.25, 0.3) is 0 Å². The van der Waals surface area contributed by atoms with Crippen molar-refractivity contribution in [3.63, 3.8) is 0 Å². The zero-order valence-corrected chi connectivity index (χ0v) is 12.7. The first-order valence-corrected chi connectivity index (χ1v) is 7.61. The van der Waals surface area contributed by atoms with Crippen molar-refractivity contribution in [2.45, 2.75) is 51.2 Å². The lowest BCUT2D eigenvalue weighted by Gasteiger charge is -2.24. The zero-order valence-electron chi connectivity index (χ0n) is 12.7. The van der Waals surface area contributed by atoms with Gasteiger partial charge < -0.3 is 15.0 Å². The average Bonchev–Trinajstić information content (AvgIpc) is 2.93. The van der Waals surface area contributed by atoms with Gasteiger partial charge in [0.25, 0.3) is 0 Å². The molecule has 0 spiro atoms. The minimum Gasteiger partial charge on any atom is -0.381 e. The summed E-state index contributed by atoms with van der Waals surface area (Å²) in [6, 6.07) is -1.02. The summed E-state index contributed by atoms with van der Waals surface area (Å²) in [4.78, 5) is 23.8. The normalized spacial score (nSPS) is 18.5. The van der Waals surface area contributed by atoms with Crippen molar-refractivity contribution in [1.29, 1.82) is 0 Å². The second-order valence-corrected chi connectivity index (χ2v) is 5.26. The Kier molecular flexibility index (Phi) is 7.64. The Morgan fingerprint density at radius 1 is 1.27 bits per heavy atom. The number of hydrogen-bond donors (Lipinski definition) is 1. The van der Waals surface area contributed by atoms with Crippen LogP contribution in [-0.4, -0.2) is 55.2 Å². The molecule has 0 aromatic heterocycles. The molecular weight excluding hydrogens is 301 g/mol. The first-order valence-electron chi connectivity index (χ1n) is 7.61. The van der Waals surface area contributed by atoms with E-state index in [-0.39, 0.29) is 13.0 Å². The number of carbonyl (C=O) groups excluding carboxylic acids is 2. The summed E-state index contributed by atoms with van der Waals surface area (Å²) in [5, 5.41) is 2.57. The van der Waals surface area contributed by atoms with Gasteiger partial charge in [0.1, 0.15) is 6.04 Å². The first-order chi connectivity index (χ1) is 10.4. The maximum Gasteiger partial charge on any atom is 0.471 e. The molecule has 128 valence electrons. The Labute approximate surface area is 128 Å². The largest absolute Gasteiger partial charge is 0.471 e. The van der Waals surface area contributed by atoms with Crippen LogP contribution in [0.5, 0.6) is 0 Å². The van der Waals surface area contributed by atoms with Gasteiger partial charge in [0.05, 0.1) is 0 Å². The van der Waals surface area contributed by atoms with Gasteiger partial charge in [0, 0.05) is 26.3 Å². The van der Waals surface area contributed by atoms with E-state index in [4.69, 9.17) is 4.74 Å². The van der Waals surface area contributed by atoms with Gasteiger partial charge in [0.2, 0.25) is 5.91 Å². The number of likely N-dealkylation sites (tertiary alicyclic amines) is 1. The molecule has 0 aromatic rings. The molecule has 1 atom stereocenters. The van der Waals surface area contributed by atoms with Crippen molar-refractivity contribution in [2.24, 2.45) is 0 Å². The summed E-state index contributed by atoms with van der Waals surface area (Å²) in [6.45, 7) is 3.52. The van der Waals surface area contributed by atoms with E-state index in [1.165, 1.54) is 0 Å². The van der Waals surface area contributed by atoms with Crippen LogP contribution in [0.4, 0.5) is 13.2 Å². The second-order valence-electron chi connectivity index (χ2n) is 5.26. The number of alkyl halides is 3. The van der Waals surface area contributed by atoms with Crippen LogP contribution in [0.3, 0.4) is 0 Å². The molecule has 1 aliphatic rings. The van der Waals surface area contributed by atoms with Crippen LogP contribution in [0.2, 0.25) is 0 Å². The molecule has 0 radical (unpaired) electrons. The molecule has 1 heterocycles. The minimum absolute atomic E-state index is 0.0312. The predicted molar refractivity (Wildman–Crippen MR) is 74.1 cm³/mol. The number of ether oxygens (including phenoxy) is 1. The summed E-state index contributed by atoms with van der Waals surface area (Å²) in [7, 11) is 0. The molecule has 1 N–H and O–H groups in total. The third-order valence-corrected chi connectivity index (χ3v) is 3.47. The van der Waals surface area contributed by atoms with Crippen LogP contribution in [0.15, 0.2) is 0 Å². The van der Waals surface area contributed by atoms with Gasteiger partial charge in [-0.3, -0.25) is 9.59 Å². The molecular formula is C14H23F3N2O3. The lowest BCUT2D eigenvalue weighted by atomic mass is 10.2. The van der Waals surface area contributed by atoms with E-state index < -0.39 is 24.0 Å². The molecule has 1 saturated heterocycles. The number of hydrogen-bond acceptors (Lipinski definition) is 3. The predicted octanol–water partition coefficient (Wildman–Crippen LogP) is 1.86. The summed E-state index contributed by atoms with van der Waals surface area (Å²) in [5.41, 5.74) is 0. The van der Waals surface area contributed by atoms with Crippen LogP contribution < -0.4 is 5.32 Å². The topological polar surface area (TPSA) is 58.6 Å². The number of carbonyl (C=O) groups is 2. The average molecular weight is 324 g/mol. The monoisotopic (exact) mass is 324 g/mol. The van der Waals surface area contributed by atoms with Crippen molar-refractivity contribution >= 4 is 11.8 Å². The minimum atomic E-state index is -4.93. The summed E-state index contributed by atoms with van der Waals surface area (Å²) in [6.07, 6.45) is -1.66. The van der Waals surface area contributed by atoms with E-state index in [0.717, 1.165) is 12.8 Å². The van der Waals surface area contributed by atoms with E-state index in [0.29, 0.717) is 37.5 Å². The molecule has 22 heavy (non-hydrogen) atoms. The number of rotatable bonds is 8. The second kappa shape index (κ2) is 8.97. The van der Waals surface area contributed by atoms with Crippen LogP contribution >= 0.6 is 0 Å². The first kappa shape index (κ1) is 18.7. The van der Waals surface area contributed by atoms with Gasteiger partial charge in [-0.2, -0.15) is 13.2 Å². The molecule has 0 bridgehead atoms. The van der Waals surface area contributed by atoms with Crippen molar-refractivity contribution in [3.05, 3.63) is 0 Å². The highest BCUT2D eigenvalue weighted by molar-refractivity contribution is 5.90. The third-order valence-electron chi connectivity index (χ3n) is 3.47. The van der Waals surface area contributed by atoms with Crippen molar-refractivity contribution in [2.75, 3.05) is 26.3 Å². The highest BCUT2D eigenvalue weighted by Crippen LogP contribution is 2.25. The lowest BCUT2D eigenvalue weighted by Crippen LogP contribution is -2.50. The molecule has 1 rings (SSSR count). The van der Waals surface area contributed by atoms with E-state index in [2.05, 4.69) is 12.2 Å². The number of nitrogens with zero attached hydrogens (tertiary/aromatic N) is 1. The highest BCUT2D eigenvalue weighted by atomic mass is 19.4. The maximum atomic E-state index is 12.5. The Morgan fingerprint density at radius 3 is 2.59 bits per heavy atom. The molecule has 2 amide bonds. The fourth-order valence-corrected chi connectivity index (χ4v) is 2.30. The fraction of sp³-hybridized carbons (Fsp3) is 0.857. The van der Waals surface area contributed by atoms with E-state index in [9.17, 15) is 22.8 Å². The zero-order chi connectivity index (χ0) is 16.6. The summed E-state index contributed by atoms with van der Waals surface area (Å²) < 4.78 is 42.7. The Hall–Kier alpha value is -1.31. The molecule has 1 unspecified atom stereocenters. The Balaban J connectivity index is 2.31. The fourth-order valence-electron chi connectivity index (χ4n) is 2.30. The standard InChI is InChI=1S/C14H23F3N2O3/c1-2-3-9-22-10-5-7-18-12(20)11-6-4-8-19(11)13(21)14(15,16)17/h11H,2-10H2,1H3,(H,18,20). The quantitative estimate of drug-likeness (QED) is 0.693. The van der Waals surface area contributed by atoms with Crippen molar-refractivity contribution in [1.82, 2.24) is 10.2 Å². The molecule has 5 nitrogen and oxygen atoms in total. The summed E-state index contributed by atoms with van der Waals surface area (Å²) >= 11 is 0. The summed E-state index contributed by atoms with van der Waals surface area (Å²) in [5.74, 6) is -2.46. The SMILES string of the molecule is CCCCOCCCNC(=O)C1CCCN1C(=O)C(F)(F)F. The number of halogens is 3. The van der Waals surface area contributed by atoms with E-state index in [1.807, 2.05) is 0 Å².